The number of rotatable bonds is 10. The molecular weight excluding hydrogens is 252 g/mol. The highest BCUT2D eigenvalue weighted by molar-refractivity contribution is 5.26. The number of pyridine rings is 1. The van der Waals surface area contributed by atoms with Crippen molar-refractivity contribution in [3.63, 3.8) is 0 Å². The topological polar surface area (TPSA) is 43.4 Å². The number of nitrogens with zero attached hydrogens (tertiary/aromatic N) is 1. The largest absolute Gasteiger partial charge is 0.475 e. The van der Waals surface area contributed by atoms with E-state index in [0.717, 1.165) is 31.8 Å². The predicted molar refractivity (Wildman–Crippen MR) is 82.3 cm³/mol. The highest BCUT2D eigenvalue weighted by atomic mass is 16.5. The standard InChI is InChI=1S/C16H28N2O2/c1-5-7-19-8-9-20-16-11-14(12-17-6-2)10-15(18-16)13(3)4/h10-11,13,17H,5-9,12H2,1-4H3. The quantitative estimate of drug-likeness (QED) is 0.669. The highest BCUT2D eigenvalue weighted by Crippen LogP contribution is 2.19. The minimum atomic E-state index is 0.398. The molecule has 0 radical (unpaired) electrons. The zero-order valence-electron chi connectivity index (χ0n) is 13.2. The Kier molecular flexibility index (Phi) is 8.23. The Morgan fingerprint density at radius 3 is 2.60 bits per heavy atom. The van der Waals surface area contributed by atoms with Crippen LogP contribution in [0.1, 0.15) is 51.3 Å². The van der Waals surface area contributed by atoms with Crippen LogP contribution in [-0.4, -0.2) is 31.3 Å². The minimum Gasteiger partial charge on any atom is -0.475 e. The van der Waals surface area contributed by atoms with Crippen LogP contribution in [-0.2, 0) is 11.3 Å². The second kappa shape index (κ2) is 9.72. The second-order valence-electron chi connectivity index (χ2n) is 5.13. The molecule has 0 saturated carbocycles. The van der Waals surface area contributed by atoms with Crippen LogP contribution in [0.3, 0.4) is 0 Å². The third-order valence-corrected chi connectivity index (χ3v) is 2.88. The first-order valence-electron chi connectivity index (χ1n) is 7.59. The molecule has 0 spiro atoms. The van der Waals surface area contributed by atoms with Gasteiger partial charge in [0.1, 0.15) is 6.61 Å². The first-order valence-corrected chi connectivity index (χ1v) is 7.59. The van der Waals surface area contributed by atoms with Gasteiger partial charge < -0.3 is 14.8 Å². The highest BCUT2D eigenvalue weighted by Gasteiger charge is 2.07. The molecule has 1 heterocycles. The van der Waals surface area contributed by atoms with E-state index in [9.17, 15) is 0 Å². The zero-order valence-corrected chi connectivity index (χ0v) is 13.2. The number of ether oxygens (including phenoxy) is 2. The van der Waals surface area contributed by atoms with E-state index >= 15 is 0 Å². The second-order valence-corrected chi connectivity index (χ2v) is 5.13. The van der Waals surface area contributed by atoms with E-state index in [0.29, 0.717) is 25.0 Å². The van der Waals surface area contributed by atoms with Crippen LogP contribution >= 0.6 is 0 Å². The molecule has 0 fully saturated rings. The lowest BCUT2D eigenvalue weighted by Gasteiger charge is -2.12. The van der Waals surface area contributed by atoms with Crippen molar-refractivity contribution in [3.05, 3.63) is 23.4 Å². The SMILES string of the molecule is CCCOCCOc1cc(CNCC)cc(C(C)C)n1. The van der Waals surface area contributed by atoms with Crippen molar-refractivity contribution < 1.29 is 9.47 Å². The Labute approximate surface area is 122 Å². The van der Waals surface area contributed by atoms with E-state index in [4.69, 9.17) is 9.47 Å². The Morgan fingerprint density at radius 1 is 1.15 bits per heavy atom. The molecule has 1 rings (SSSR count). The number of hydrogen-bond acceptors (Lipinski definition) is 4. The molecule has 0 aromatic carbocycles. The Hall–Kier alpha value is -1.13. The Balaban J connectivity index is 2.60. The normalized spacial score (nSPS) is 11.1. The van der Waals surface area contributed by atoms with E-state index in [1.54, 1.807) is 0 Å². The van der Waals surface area contributed by atoms with Gasteiger partial charge in [0.25, 0.3) is 0 Å². The van der Waals surface area contributed by atoms with Gasteiger partial charge in [-0.2, -0.15) is 0 Å². The predicted octanol–water partition coefficient (Wildman–Crippen LogP) is 3.12. The molecule has 0 bridgehead atoms. The minimum absolute atomic E-state index is 0.398. The molecule has 0 unspecified atom stereocenters. The van der Waals surface area contributed by atoms with Crippen LogP contribution in [0.2, 0.25) is 0 Å². The van der Waals surface area contributed by atoms with Gasteiger partial charge in [0.05, 0.1) is 6.61 Å². The van der Waals surface area contributed by atoms with Gasteiger partial charge in [-0.05, 0) is 30.5 Å². The summed E-state index contributed by atoms with van der Waals surface area (Å²) in [4.78, 5) is 4.55. The molecule has 0 aliphatic rings. The van der Waals surface area contributed by atoms with Gasteiger partial charge >= 0.3 is 0 Å². The van der Waals surface area contributed by atoms with Crippen LogP contribution in [0.15, 0.2) is 12.1 Å². The summed E-state index contributed by atoms with van der Waals surface area (Å²) in [5.74, 6) is 1.10. The summed E-state index contributed by atoms with van der Waals surface area (Å²) in [5, 5.41) is 3.33. The maximum Gasteiger partial charge on any atom is 0.213 e. The number of aromatic nitrogens is 1. The van der Waals surface area contributed by atoms with Gasteiger partial charge in [-0.15, -0.1) is 0 Å². The molecule has 114 valence electrons. The number of hydrogen-bond donors (Lipinski definition) is 1. The van der Waals surface area contributed by atoms with Crippen molar-refractivity contribution in [1.29, 1.82) is 0 Å². The maximum absolute atomic E-state index is 5.70. The van der Waals surface area contributed by atoms with Gasteiger partial charge in [-0.25, -0.2) is 4.98 Å². The van der Waals surface area contributed by atoms with Crippen LogP contribution < -0.4 is 10.1 Å². The summed E-state index contributed by atoms with van der Waals surface area (Å²) in [6, 6.07) is 4.15. The lowest BCUT2D eigenvalue weighted by atomic mass is 10.1. The molecular formula is C16H28N2O2. The van der Waals surface area contributed by atoms with Crippen LogP contribution in [0.4, 0.5) is 0 Å². The van der Waals surface area contributed by atoms with Crippen LogP contribution in [0, 0.1) is 0 Å². The molecule has 0 saturated heterocycles. The maximum atomic E-state index is 5.70. The van der Waals surface area contributed by atoms with Gasteiger partial charge in [-0.3, -0.25) is 0 Å². The lowest BCUT2D eigenvalue weighted by molar-refractivity contribution is 0.0989. The fraction of sp³-hybridized carbons (Fsp3) is 0.688. The average molecular weight is 280 g/mol. The monoisotopic (exact) mass is 280 g/mol. The Bertz CT molecular complexity index is 381. The first-order chi connectivity index (χ1) is 9.67. The third-order valence-electron chi connectivity index (χ3n) is 2.88. The third kappa shape index (κ3) is 6.35. The van der Waals surface area contributed by atoms with Gasteiger partial charge in [0.2, 0.25) is 5.88 Å². The summed E-state index contributed by atoms with van der Waals surface area (Å²) < 4.78 is 11.1. The molecule has 0 aliphatic carbocycles. The van der Waals surface area contributed by atoms with Crippen molar-refractivity contribution >= 4 is 0 Å². The van der Waals surface area contributed by atoms with E-state index < -0.39 is 0 Å². The lowest BCUT2D eigenvalue weighted by Crippen LogP contribution is -2.13. The van der Waals surface area contributed by atoms with E-state index in [2.05, 4.69) is 44.1 Å². The Morgan fingerprint density at radius 2 is 1.95 bits per heavy atom. The molecule has 1 aromatic heterocycles. The smallest absolute Gasteiger partial charge is 0.213 e. The van der Waals surface area contributed by atoms with Crippen molar-refractivity contribution in [2.45, 2.75) is 46.6 Å². The first kappa shape index (κ1) is 16.9. The van der Waals surface area contributed by atoms with Gasteiger partial charge in [0, 0.05) is 24.9 Å². The molecule has 20 heavy (non-hydrogen) atoms. The van der Waals surface area contributed by atoms with Crippen LogP contribution in [0.5, 0.6) is 5.88 Å². The summed E-state index contributed by atoms with van der Waals surface area (Å²) in [6.45, 7) is 12.3. The van der Waals surface area contributed by atoms with Gasteiger partial charge in [-0.1, -0.05) is 27.7 Å². The summed E-state index contributed by atoms with van der Waals surface area (Å²) >= 11 is 0. The molecule has 0 atom stereocenters. The van der Waals surface area contributed by atoms with Crippen molar-refractivity contribution in [2.75, 3.05) is 26.4 Å². The molecule has 1 N–H and O–H groups in total. The van der Waals surface area contributed by atoms with E-state index in [1.807, 2.05) is 6.07 Å². The molecule has 0 aliphatic heterocycles. The van der Waals surface area contributed by atoms with E-state index in [-0.39, 0.29) is 0 Å². The molecule has 1 aromatic rings. The van der Waals surface area contributed by atoms with Crippen molar-refractivity contribution in [1.82, 2.24) is 10.3 Å². The fourth-order valence-electron chi connectivity index (χ4n) is 1.77. The summed E-state index contributed by atoms with van der Waals surface area (Å²) in [6.07, 6.45) is 1.04. The van der Waals surface area contributed by atoms with Crippen molar-refractivity contribution in [3.8, 4) is 5.88 Å². The van der Waals surface area contributed by atoms with E-state index in [1.165, 1.54) is 5.56 Å². The number of nitrogens with one attached hydrogen (secondary N) is 1. The van der Waals surface area contributed by atoms with Crippen LogP contribution in [0.25, 0.3) is 0 Å². The van der Waals surface area contributed by atoms with Crippen molar-refractivity contribution in [2.24, 2.45) is 0 Å². The van der Waals surface area contributed by atoms with Gasteiger partial charge in [0.15, 0.2) is 0 Å². The molecule has 0 amide bonds. The summed E-state index contributed by atoms with van der Waals surface area (Å²) in [7, 11) is 0. The zero-order chi connectivity index (χ0) is 14.8. The molecule has 4 heteroatoms. The summed E-state index contributed by atoms with van der Waals surface area (Å²) in [5.41, 5.74) is 2.29. The molecule has 4 nitrogen and oxygen atoms in total. The fourth-order valence-corrected chi connectivity index (χ4v) is 1.77. The average Bonchev–Trinajstić information content (AvgIpc) is 2.44.